The molecule has 2 aromatic carbocycles. The predicted octanol–water partition coefficient (Wildman–Crippen LogP) is 6.64. The van der Waals surface area contributed by atoms with Crippen LogP contribution in [0.1, 0.15) is 38.1 Å². The summed E-state index contributed by atoms with van der Waals surface area (Å²) in [6.07, 6.45) is 7.89. The second-order valence-corrected chi connectivity index (χ2v) is 9.88. The molecule has 0 saturated carbocycles. The van der Waals surface area contributed by atoms with E-state index in [1.807, 2.05) is 47.5 Å². The number of aliphatic imine (C=N–C) groups is 1. The summed E-state index contributed by atoms with van der Waals surface area (Å²) >= 11 is 0. The Morgan fingerprint density at radius 1 is 1.13 bits per heavy atom. The van der Waals surface area contributed by atoms with Crippen molar-refractivity contribution < 1.29 is 9.13 Å². The third-order valence-corrected chi connectivity index (χ3v) is 6.84. The zero-order chi connectivity index (χ0) is 26.8. The van der Waals surface area contributed by atoms with E-state index in [4.69, 9.17) is 14.7 Å². The number of nitrogens with zero attached hydrogens (tertiary/aromatic N) is 5. The third kappa shape index (κ3) is 5.11. The number of methoxy groups -OCH3 is 1. The van der Waals surface area contributed by atoms with Gasteiger partial charge in [-0.3, -0.25) is 0 Å². The van der Waals surface area contributed by atoms with E-state index in [0.717, 1.165) is 65.1 Å². The summed E-state index contributed by atoms with van der Waals surface area (Å²) in [5.41, 5.74) is 6.29. The van der Waals surface area contributed by atoms with Gasteiger partial charge in [0.05, 0.1) is 36.2 Å². The first-order valence-corrected chi connectivity index (χ1v) is 12.9. The molecular weight excluding hydrogens is 479 g/mol. The van der Waals surface area contributed by atoms with E-state index in [-0.39, 0.29) is 5.82 Å². The molecule has 1 aliphatic heterocycles. The van der Waals surface area contributed by atoms with Gasteiger partial charge in [-0.25, -0.2) is 19.4 Å². The van der Waals surface area contributed by atoms with Crippen LogP contribution < -0.4 is 10.1 Å². The van der Waals surface area contributed by atoms with Crippen LogP contribution >= 0.6 is 0 Å². The van der Waals surface area contributed by atoms with E-state index in [2.05, 4.69) is 30.2 Å². The molecule has 0 amide bonds. The summed E-state index contributed by atoms with van der Waals surface area (Å²) in [6.45, 7) is 7.20. The minimum absolute atomic E-state index is 0.272. The molecule has 1 aliphatic rings. The van der Waals surface area contributed by atoms with Crippen molar-refractivity contribution in [2.24, 2.45) is 18.0 Å². The maximum Gasteiger partial charge on any atom is 0.145 e. The molecule has 0 radical (unpaired) electrons. The van der Waals surface area contributed by atoms with Crippen LogP contribution in [0.3, 0.4) is 0 Å². The molecule has 4 aromatic rings. The number of fused-ring (bicyclic) bond motifs is 1. The SMILES string of the molecule is COc1cc(N=C2/C=C(/C(C)C)CCCNc3c2nc(-c2ccc(F)cc2)n3C)ccc1-n1cnc(C)c1. The highest BCUT2D eigenvalue weighted by Crippen LogP contribution is 2.32. The van der Waals surface area contributed by atoms with Gasteiger partial charge < -0.3 is 19.2 Å². The molecule has 0 fully saturated rings. The summed E-state index contributed by atoms with van der Waals surface area (Å²) in [5.74, 6) is 2.45. The first kappa shape index (κ1) is 25.4. The molecule has 0 bridgehead atoms. The Bertz CT molecular complexity index is 1510. The number of halogens is 1. The normalized spacial score (nSPS) is 16.3. The van der Waals surface area contributed by atoms with Crippen LogP contribution in [0.15, 0.2) is 71.6 Å². The highest BCUT2D eigenvalue weighted by Gasteiger charge is 2.22. The largest absolute Gasteiger partial charge is 0.494 e. The number of allylic oxidation sites excluding steroid dienone is 2. The van der Waals surface area contributed by atoms with Crippen LogP contribution in [-0.4, -0.2) is 38.5 Å². The average Bonchev–Trinajstić information content (AvgIpc) is 3.49. The second-order valence-electron chi connectivity index (χ2n) is 9.88. The first-order valence-electron chi connectivity index (χ1n) is 12.9. The van der Waals surface area contributed by atoms with Crippen LogP contribution in [0.25, 0.3) is 17.1 Å². The van der Waals surface area contributed by atoms with Crippen LogP contribution in [0.5, 0.6) is 5.75 Å². The Balaban J connectivity index is 1.66. The quantitative estimate of drug-likeness (QED) is 0.326. The van der Waals surface area contributed by atoms with Crippen LogP contribution in [0, 0.1) is 18.7 Å². The zero-order valence-corrected chi connectivity index (χ0v) is 22.5. The van der Waals surface area contributed by atoms with Crippen molar-refractivity contribution in [2.75, 3.05) is 19.0 Å². The van der Waals surface area contributed by atoms with Crippen molar-refractivity contribution >= 4 is 17.2 Å². The maximum absolute atomic E-state index is 13.6. The predicted molar refractivity (Wildman–Crippen MR) is 150 cm³/mol. The Hall–Kier alpha value is -4.20. The van der Waals surface area contributed by atoms with Gasteiger partial charge in [-0.2, -0.15) is 0 Å². The van der Waals surface area contributed by atoms with Crippen molar-refractivity contribution in [2.45, 2.75) is 33.6 Å². The monoisotopic (exact) mass is 512 g/mol. The van der Waals surface area contributed by atoms with Gasteiger partial charge in [-0.05, 0) is 68.2 Å². The molecule has 0 saturated heterocycles. The maximum atomic E-state index is 13.6. The highest BCUT2D eigenvalue weighted by atomic mass is 19.1. The number of nitrogens with one attached hydrogen (secondary N) is 1. The van der Waals surface area contributed by atoms with E-state index in [0.29, 0.717) is 11.7 Å². The summed E-state index contributed by atoms with van der Waals surface area (Å²) < 4.78 is 23.3. The third-order valence-electron chi connectivity index (χ3n) is 6.84. The number of anilines is 1. The first-order chi connectivity index (χ1) is 18.3. The van der Waals surface area contributed by atoms with Gasteiger partial charge in [-0.1, -0.05) is 19.4 Å². The van der Waals surface area contributed by atoms with E-state index < -0.39 is 0 Å². The van der Waals surface area contributed by atoms with Crippen LogP contribution in [-0.2, 0) is 7.05 Å². The van der Waals surface area contributed by atoms with E-state index in [1.54, 1.807) is 25.6 Å². The van der Waals surface area contributed by atoms with Gasteiger partial charge in [0.2, 0.25) is 0 Å². The standard InChI is InChI=1S/C30H33FN6O/c1-19(2)22-7-6-14-32-30-28(35-29(36(30)4)21-8-10-23(31)11-9-21)25(15-22)34-24-12-13-26(27(16-24)38-5)37-17-20(3)33-18-37/h8-13,15-19,32H,6-7,14H2,1-5H3/b22-15+,34-25?. The van der Waals surface area contributed by atoms with Gasteiger partial charge in [-0.15, -0.1) is 0 Å². The highest BCUT2D eigenvalue weighted by molar-refractivity contribution is 6.12. The molecule has 1 N–H and O–H groups in total. The Morgan fingerprint density at radius 3 is 2.61 bits per heavy atom. The number of aryl methyl sites for hydroxylation is 1. The van der Waals surface area contributed by atoms with Crippen molar-refractivity contribution in [3.8, 4) is 22.8 Å². The van der Waals surface area contributed by atoms with Crippen molar-refractivity contribution in [1.29, 1.82) is 0 Å². The van der Waals surface area contributed by atoms with Crippen molar-refractivity contribution in [3.63, 3.8) is 0 Å². The fourth-order valence-corrected chi connectivity index (χ4v) is 4.73. The van der Waals surface area contributed by atoms with E-state index >= 15 is 0 Å². The van der Waals surface area contributed by atoms with Gasteiger partial charge in [0.1, 0.15) is 28.9 Å². The number of imidazole rings is 2. The molecule has 38 heavy (non-hydrogen) atoms. The summed E-state index contributed by atoms with van der Waals surface area (Å²) in [6, 6.07) is 12.3. The van der Waals surface area contributed by atoms with Crippen molar-refractivity contribution in [3.05, 3.63) is 83.8 Å². The molecule has 196 valence electrons. The Morgan fingerprint density at radius 2 is 1.92 bits per heavy atom. The number of ether oxygens (including phenoxy) is 1. The fraction of sp³-hybridized carbons (Fsp3) is 0.300. The fourth-order valence-electron chi connectivity index (χ4n) is 4.73. The average molecular weight is 513 g/mol. The van der Waals surface area contributed by atoms with Crippen LogP contribution in [0.4, 0.5) is 15.9 Å². The lowest BCUT2D eigenvalue weighted by molar-refractivity contribution is 0.413. The van der Waals surface area contributed by atoms with E-state index in [9.17, 15) is 4.39 Å². The van der Waals surface area contributed by atoms with Gasteiger partial charge >= 0.3 is 0 Å². The zero-order valence-electron chi connectivity index (χ0n) is 22.5. The lowest BCUT2D eigenvalue weighted by atomic mass is 9.96. The lowest BCUT2D eigenvalue weighted by Gasteiger charge is -2.12. The van der Waals surface area contributed by atoms with Gasteiger partial charge in [0.25, 0.3) is 0 Å². The molecule has 0 unspecified atom stereocenters. The molecule has 0 atom stereocenters. The van der Waals surface area contributed by atoms with E-state index in [1.165, 1.54) is 17.7 Å². The second kappa shape index (κ2) is 10.7. The van der Waals surface area contributed by atoms with Gasteiger partial charge in [0, 0.05) is 31.4 Å². The van der Waals surface area contributed by atoms with Crippen LogP contribution in [0.2, 0.25) is 0 Å². The smallest absolute Gasteiger partial charge is 0.145 e. The number of aromatic nitrogens is 4. The lowest BCUT2D eigenvalue weighted by Crippen LogP contribution is -2.09. The summed E-state index contributed by atoms with van der Waals surface area (Å²) in [7, 11) is 3.64. The number of benzene rings is 2. The van der Waals surface area contributed by atoms with Gasteiger partial charge in [0.15, 0.2) is 0 Å². The molecule has 5 rings (SSSR count). The Labute approximate surface area is 222 Å². The molecule has 2 aromatic heterocycles. The minimum atomic E-state index is -0.272. The number of hydrogen-bond acceptors (Lipinski definition) is 5. The minimum Gasteiger partial charge on any atom is -0.494 e. The molecule has 7 nitrogen and oxygen atoms in total. The molecule has 8 heteroatoms. The number of rotatable bonds is 5. The Kier molecular flexibility index (Phi) is 7.13. The molecular formula is C30H33FN6O. The van der Waals surface area contributed by atoms with Crippen molar-refractivity contribution in [1.82, 2.24) is 19.1 Å². The topological polar surface area (TPSA) is 69.3 Å². The molecule has 0 aliphatic carbocycles. The molecule has 0 spiro atoms. The number of hydrogen-bond donors (Lipinski definition) is 1. The summed E-state index contributed by atoms with van der Waals surface area (Å²) in [4.78, 5) is 14.5. The summed E-state index contributed by atoms with van der Waals surface area (Å²) in [5, 5.41) is 3.58. The molecule has 3 heterocycles.